The van der Waals surface area contributed by atoms with Gasteiger partial charge in [0.05, 0.1) is 19.3 Å². The lowest BCUT2D eigenvalue weighted by Crippen LogP contribution is -2.69. The summed E-state index contributed by atoms with van der Waals surface area (Å²) in [6.07, 6.45) is 6.99. The molecule has 6 N–H and O–H groups in total. The minimum Gasteiger partial charge on any atom is -0.395 e. The van der Waals surface area contributed by atoms with E-state index in [1.54, 1.807) is 0 Å². The van der Waals surface area contributed by atoms with E-state index in [2.05, 4.69) is 10.6 Å². The first kappa shape index (κ1) is 26.1. The van der Waals surface area contributed by atoms with Crippen molar-refractivity contribution >= 4 is 18.3 Å². The minimum atomic E-state index is -1.47. The SMILES string of the molecule is Cl.O=C(NCCCCCOCC12CC3CC(CC(C3)C1)C2)[C@H]1N[C@@H](CO)[C@@H](O)[C@H](O)[C@H]1O. The number of carbonyl (C=O) groups excluding carboxylic acids is 1. The van der Waals surface area contributed by atoms with E-state index in [9.17, 15) is 25.2 Å². The zero-order chi connectivity index (χ0) is 22.0. The Morgan fingerprint density at radius 3 is 2.16 bits per heavy atom. The van der Waals surface area contributed by atoms with Crippen molar-refractivity contribution in [3.63, 3.8) is 0 Å². The fourth-order valence-corrected chi connectivity index (χ4v) is 7.04. The van der Waals surface area contributed by atoms with Crippen LogP contribution >= 0.6 is 12.4 Å². The van der Waals surface area contributed by atoms with Gasteiger partial charge in [0.15, 0.2) is 0 Å². The summed E-state index contributed by atoms with van der Waals surface area (Å²) in [6, 6.07) is -1.90. The highest BCUT2D eigenvalue weighted by atomic mass is 35.5. The zero-order valence-electron chi connectivity index (χ0n) is 18.8. The Hall–Kier alpha value is -0.480. The van der Waals surface area contributed by atoms with Crippen molar-refractivity contribution in [2.24, 2.45) is 23.2 Å². The summed E-state index contributed by atoms with van der Waals surface area (Å²) in [7, 11) is 0. The molecule has 5 atom stereocenters. The standard InChI is InChI=1S/C23H40N2O6.ClH/c26-12-17-19(27)21(29)20(28)18(25-17)22(30)24-4-2-1-3-5-31-13-23-9-14-6-15(10-23)8-16(7-14)11-23;/h14-21,25-29H,1-13H2,(H,24,30);1H/t14?,15?,16?,17-,18-,19+,20-,21-,23?;/m0./s1. The van der Waals surface area contributed by atoms with Crippen molar-refractivity contribution in [2.45, 2.75) is 88.2 Å². The maximum Gasteiger partial charge on any atom is 0.239 e. The van der Waals surface area contributed by atoms with Crippen LogP contribution in [0.2, 0.25) is 0 Å². The molecule has 5 fully saturated rings. The molecule has 1 heterocycles. The van der Waals surface area contributed by atoms with Crippen LogP contribution < -0.4 is 10.6 Å². The molecule has 4 saturated carbocycles. The van der Waals surface area contributed by atoms with Gasteiger partial charge in [-0.1, -0.05) is 0 Å². The topological polar surface area (TPSA) is 131 Å². The molecule has 32 heavy (non-hydrogen) atoms. The number of hydrogen-bond acceptors (Lipinski definition) is 7. The Bertz CT molecular complexity index is 586. The summed E-state index contributed by atoms with van der Waals surface area (Å²) in [5, 5.41) is 44.5. The third-order valence-corrected chi connectivity index (χ3v) is 8.16. The van der Waals surface area contributed by atoms with Crippen LogP contribution in [-0.4, -0.2) is 83.1 Å². The Morgan fingerprint density at radius 1 is 0.938 bits per heavy atom. The van der Waals surface area contributed by atoms with E-state index in [1.165, 1.54) is 38.5 Å². The van der Waals surface area contributed by atoms with Gasteiger partial charge in [0, 0.05) is 13.2 Å². The van der Waals surface area contributed by atoms with E-state index in [0.29, 0.717) is 12.0 Å². The van der Waals surface area contributed by atoms with E-state index in [1.807, 2.05) is 0 Å². The van der Waals surface area contributed by atoms with Crippen LogP contribution in [0.1, 0.15) is 57.8 Å². The molecule has 5 rings (SSSR count). The fraction of sp³-hybridized carbons (Fsp3) is 0.957. The molecule has 186 valence electrons. The first-order valence-corrected chi connectivity index (χ1v) is 12.2. The molecule has 1 saturated heterocycles. The van der Waals surface area contributed by atoms with Crippen molar-refractivity contribution in [2.75, 3.05) is 26.4 Å². The van der Waals surface area contributed by atoms with Crippen molar-refractivity contribution in [3.05, 3.63) is 0 Å². The van der Waals surface area contributed by atoms with Gasteiger partial charge in [-0.05, 0) is 81.0 Å². The summed E-state index contributed by atoms with van der Waals surface area (Å²) in [4.78, 5) is 12.3. The van der Waals surface area contributed by atoms with E-state index in [4.69, 9.17) is 4.74 Å². The Labute approximate surface area is 196 Å². The van der Waals surface area contributed by atoms with Crippen LogP contribution in [0.3, 0.4) is 0 Å². The molecular formula is C23H41ClN2O6. The molecule has 4 aliphatic carbocycles. The van der Waals surface area contributed by atoms with Gasteiger partial charge in [-0.15, -0.1) is 12.4 Å². The lowest BCUT2D eigenvalue weighted by atomic mass is 9.50. The van der Waals surface area contributed by atoms with Crippen LogP contribution in [-0.2, 0) is 9.53 Å². The van der Waals surface area contributed by atoms with Gasteiger partial charge in [0.2, 0.25) is 5.91 Å². The first-order chi connectivity index (χ1) is 14.9. The normalized spacial score (nSPS) is 42.5. The van der Waals surface area contributed by atoms with E-state index < -0.39 is 42.9 Å². The maximum atomic E-state index is 12.3. The molecule has 9 heteroatoms. The molecule has 0 radical (unpaired) electrons. The monoisotopic (exact) mass is 476 g/mol. The van der Waals surface area contributed by atoms with Crippen LogP contribution in [0.15, 0.2) is 0 Å². The Balaban J connectivity index is 0.00000289. The van der Waals surface area contributed by atoms with Gasteiger partial charge in [0.25, 0.3) is 0 Å². The molecule has 1 aliphatic heterocycles. The fourth-order valence-electron chi connectivity index (χ4n) is 7.04. The smallest absolute Gasteiger partial charge is 0.239 e. The van der Waals surface area contributed by atoms with Gasteiger partial charge >= 0.3 is 0 Å². The second-order valence-corrected chi connectivity index (χ2v) is 10.7. The molecule has 0 aromatic carbocycles. The lowest BCUT2D eigenvalue weighted by molar-refractivity contribution is -0.145. The summed E-state index contributed by atoms with van der Waals surface area (Å²) in [5.41, 5.74) is 0.459. The number of carbonyl (C=O) groups is 1. The van der Waals surface area contributed by atoms with Crippen LogP contribution in [0.25, 0.3) is 0 Å². The van der Waals surface area contributed by atoms with E-state index >= 15 is 0 Å². The number of nitrogens with one attached hydrogen (secondary N) is 2. The molecule has 4 bridgehead atoms. The maximum absolute atomic E-state index is 12.3. The quantitative estimate of drug-likeness (QED) is 0.251. The average Bonchev–Trinajstić information content (AvgIpc) is 2.73. The molecule has 0 aromatic rings. The number of amides is 1. The summed E-state index contributed by atoms with van der Waals surface area (Å²) in [5.74, 6) is 2.42. The lowest BCUT2D eigenvalue weighted by Gasteiger charge is -2.56. The second-order valence-electron chi connectivity index (χ2n) is 10.7. The molecule has 0 unspecified atom stereocenters. The first-order valence-electron chi connectivity index (χ1n) is 12.2. The molecule has 8 nitrogen and oxygen atoms in total. The molecule has 5 aliphatic rings. The second kappa shape index (κ2) is 11.3. The number of aliphatic hydroxyl groups excluding tert-OH is 4. The molecular weight excluding hydrogens is 436 g/mol. The van der Waals surface area contributed by atoms with Gasteiger partial charge in [-0.2, -0.15) is 0 Å². The highest BCUT2D eigenvalue weighted by Gasteiger charge is 2.51. The van der Waals surface area contributed by atoms with Gasteiger partial charge in [-0.25, -0.2) is 0 Å². The Kier molecular flexibility index (Phi) is 9.23. The van der Waals surface area contributed by atoms with E-state index in [-0.39, 0.29) is 12.4 Å². The van der Waals surface area contributed by atoms with E-state index in [0.717, 1.165) is 50.2 Å². The number of rotatable bonds is 10. The van der Waals surface area contributed by atoms with Crippen molar-refractivity contribution in [1.29, 1.82) is 0 Å². The predicted octanol–water partition coefficient (Wildman–Crippen LogP) is 0.343. The Morgan fingerprint density at radius 2 is 1.56 bits per heavy atom. The van der Waals surface area contributed by atoms with Gasteiger partial charge in [-0.3, -0.25) is 10.1 Å². The van der Waals surface area contributed by atoms with Crippen molar-refractivity contribution in [3.8, 4) is 0 Å². The van der Waals surface area contributed by atoms with Crippen molar-refractivity contribution in [1.82, 2.24) is 10.6 Å². The highest BCUT2D eigenvalue weighted by molar-refractivity contribution is 5.85. The molecule has 0 spiro atoms. The zero-order valence-corrected chi connectivity index (χ0v) is 19.6. The molecule has 1 amide bonds. The largest absolute Gasteiger partial charge is 0.395 e. The number of hydrogen-bond donors (Lipinski definition) is 6. The molecule has 0 aromatic heterocycles. The van der Waals surface area contributed by atoms with Crippen LogP contribution in [0.5, 0.6) is 0 Å². The van der Waals surface area contributed by atoms with Gasteiger partial charge < -0.3 is 30.5 Å². The number of unbranched alkanes of at least 4 members (excludes halogenated alkanes) is 2. The van der Waals surface area contributed by atoms with Crippen LogP contribution in [0, 0.1) is 23.2 Å². The summed E-state index contributed by atoms with van der Waals surface area (Å²) in [6.45, 7) is 1.72. The third kappa shape index (κ3) is 5.77. The average molecular weight is 477 g/mol. The predicted molar refractivity (Wildman–Crippen MR) is 121 cm³/mol. The third-order valence-electron chi connectivity index (χ3n) is 8.16. The summed E-state index contributed by atoms with van der Waals surface area (Å²) < 4.78 is 6.10. The van der Waals surface area contributed by atoms with Crippen molar-refractivity contribution < 1.29 is 30.0 Å². The number of halogens is 1. The number of ether oxygens (including phenoxy) is 1. The number of piperidine rings is 1. The van der Waals surface area contributed by atoms with Crippen LogP contribution in [0.4, 0.5) is 0 Å². The number of aliphatic hydroxyl groups is 4. The highest BCUT2D eigenvalue weighted by Crippen LogP contribution is 2.60. The minimum absolute atomic E-state index is 0. The summed E-state index contributed by atoms with van der Waals surface area (Å²) >= 11 is 0. The van der Waals surface area contributed by atoms with Gasteiger partial charge in [0.1, 0.15) is 24.4 Å².